The molecule has 0 unspecified atom stereocenters. The zero-order valence-corrected chi connectivity index (χ0v) is 7.06. The Hall–Kier alpha value is -0.310. The van der Waals surface area contributed by atoms with E-state index in [2.05, 4.69) is 20.7 Å². The van der Waals surface area contributed by atoms with Crippen LogP contribution in [0.3, 0.4) is 0 Å². The fraction of sp³-hybridized carbons (Fsp3) is 0.500. The largest absolute Gasteiger partial charge is 0.469 e. The van der Waals surface area contributed by atoms with E-state index in [1.165, 1.54) is 7.11 Å². The molecule has 9 heavy (non-hydrogen) atoms. The van der Waals surface area contributed by atoms with Crippen molar-refractivity contribution in [1.29, 1.82) is 0 Å². The van der Waals surface area contributed by atoms with Crippen LogP contribution in [0.5, 0.6) is 0 Å². The molecular formula is C6H9BrO2. The van der Waals surface area contributed by atoms with Crippen LogP contribution in [-0.4, -0.2) is 13.1 Å². The minimum absolute atomic E-state index is 0.205. The molecule has 0 bridgehead atoms. The molecule has 0 saturated carbocycles. The fourth-order valence-corrected chi connectivity index (χ4v) is 0.500. The van der Waals surface area contributed by atoms with Gasteiger partial charge in [-0.1, -0.05) is 21.5 Å². The summed E-state index contributed by atoms with van der Waals surface area (Å²) in [7, 11) is 1.38. The molecule has 0 amide bonds. The van der Waals surface area contributed by atoms with Gasteiger partial charge in [-0.3, -0.25) is 4.79 Å². The van der Waals surface area contributed by atoms with Crippen LogP contribution in [0.4, 0.5) is 0 Å². The monoisotopic (exact) mass is 192 g/mol. The summed E-state index contributed by atoms with van der Waals surface area (Å²) in [5, 5.41) is 0. The maximum atomic E-state index is 10.5. The second-order valence-electron chi connectivity index (χ2n) is 1.71. The average molecular weight is 193 g/mol. The summed E-state index contributed by atoms with van der Waals surface area (Å²) < 4.78 is 4.42. The molecule has 0 aliphatic rings. The molecular weight excluding hydrogens is 184 g/mol. The summed E-state index contributed by atoms with van der Waals surface area (Å²) >= 11 is 3.10. The molecule has 0 fully saturated rings. The number of halogens is 1. The number of hydrogen-bond donors (Lipinski definition) is 0. The van der Waals surface area contributed by atoms with E-state index in [0.717, 1.165) is 5.57 Å². The first kappa shape index (κ1) is 8.69. The lowest BCUT2D eigenvalue weighted by molar-refractivity contribution is -0.139. The molecule has 3 heteroatoms. The molecule has 0 heterocycles. The third-order valence-corrected chi connectivity index (χ3v) is 1.62. The van der Waals surface area contributed by atoms with Crippen LogP contribution in [0.15, 0.2) is 10.6 Å². The lowest BCUT2D eigenvalue weighted by atomic mass is 10.2. The predicted molar refractivity (Wildman–Crippen MR) is 39.3 cm³/mol. The molecule has 52 valence electrons. The number of methoxy groups -OCH3 is 1. The average Bonchev–Trinajstić information content (AvgIpc) is 1.87. The number of esters is 1. The van der Waals surface area contributed by atoms with E-state index in [0.29, 0.717) is 6.42 Å². The van der Waals surface area contributed by atoms with Crippen LogP contribution < -0.4 is 0 Å². The molecule has 0 spiro atoms. The van der Waals surface area contributed by atoms with Crippen LogP contribution in [0.2, 0.25) is 0 Å². The summed E-state index contributed by atoms with van der Waals surface area (Å²) in [5.41, 5.74) is 0.960. The van der Waals surface area contributed by atoms with E-state index in [9.17, 15) is 4.79 Å². The number of hydrogen-bond acceptors (Lipinski definition) is 2. The van der Waals surface area contributed by atoms with Gasteiger partial charge in [0, 0.05) is 0 Å². The summed E-state index contributed by atoms with van der Waals surface area (Å²) in [4.78, 5) is 12.2. The van der Waals surface area contributed by atoms with Crippen LogP contribution >= 0.6 is 15.9 Å². The highest BCUT2D eigenvalue weighted by Crippen LogP contribution is 2.02. The van der Waals surface area contributed by atoms with Gasteiger partial charge < -0.3 is 4.74 Å². The predicted octanol–water partition coefficient (Wildman–Crippen LogP) is 1.85. The van der Waals surface area contributed by atoms with Crippen molar-refractivity contribution in [3.63, 3.8) is 0 Å². The van der Waals surface area contributed by atoms with Crippen LogP contribution in [-0.2, 0) is 9.53 Å². The van der Waals surface area contributed by atoms with Gasteiger partial charge in [-0.05, 0) is 11.9 Å². The van der Waals surface area contributed by atoms with Crippen molar-refractivity contribution < 1.29 is 9.53 Å². The maximum absolute atomic E-state index is 10.5. The summed E-state index contributed by atoms with van der Waals surface area (Å²) in [6.45, 7) is 1.85. The molecule has 0 aliphatic heterocycles. The molecule has 0 atom stereocenters. The van der Waals surface area contributed by atoms with E-state index in [-0.39, 0.29) is 5.97 Å². The van der Waals surface area contributed by atoms with E-state index in [1.54, 1.807) is 4.99 Å². The Kier molecular flexibility index (Phi) is 4.40. The van der Waals surface area contributed by atoms with Gasteiger partial charge in [0.25, 0.3) is 0 Å². The lowest BCUT2D eigenvalue weighted by Gasteiger charge is -1.95. The quantitative estimate of drug-likeness (QED) is 0.625. The zero-order chi connectivity index (χ0) is 7.28. The Morgan fingerprint density at radius 2 is 2.33 bits per heavy atom. The zero-order valence-electron chi connectivity index (χ0n) is 5.48. The second-order valence-corrected chi connectivity index (χ2v) is 2.17. The van der Waals surface area contributed by atoms with Crippen molar-refractivity contribution in [2.75, 3.05) is 7.11 Å². The third-order valence-electron chi connectivity index (χ3n) is 0.837. The molecule has 0 rings (SSSR count). The van der Waals surface area contributed by atoms with Crippen LogP contribution in [0.25, 0.3) is 0 Å². The second kappa shape index (κ2) is 4.56. The Balaban J connectivity index is 3.60. The van der Waals surface area contributed by atoms with Gasteiger partial charge in [-0.2, -0.15) is 0 Å². The number of rotatable bonds is 2. The molecule has 0 radical (unpaired) electrons. The smallest absolute Gasteiger partial charge is 0.309 e. The Bertz CT molecular complexity index is 129. The highest BCUT2D eigenvalue weighted by molar-refractivity contribution is 9.11. The number of ether oxygens (including phenoxy) is 1. The van der Waals surface area contributed by atoms with Gasteiger partial charge in [0.2, 0.25) is 0 Å². The van der Waals surface area contributed by atoms with Gasteiger partial charge in [-0.25, -0.2) is 0 Å². The van der Waals surface area contributed by atoms with Gasteiger partial charge in [0.1, 0.15) is 0 Å². The van der Waals surface area contributed by atoms with E-state index < -0.39 is 0 Å². The summed E-state index contributed by atoms with van der Waals surface area (Å²) in [5.74, 6) is -0.205. The van der Waals surface area contributed by atoms with Gasteiger partial charge in [0.05, 0.1) is 13.5 Å². The highest BCUT2D eigenvalue weighted by atomic mass is 79.9. The molecule has 0 aromatic rings. The minimum atomic E-state index is -0.205. The van der Waals surface area contributed by atoms with Crippen molar-refractivity contribution >= 4 is 21.9 Å². The summed E-state index contributed by atoms with van der Waals surface area (Å²) in [6, 6.07) is 0. The van der Waals surface area contributed by atoms with E-state index in [1.807, 2.05) is 6.92 Å². The molecule has 0 aromatic carbocycles. The normalized spacial score (nSPS) is 11.2. The van der Waals surface area contributed by atoms with Crippen molar-refractivity contribution in [2.24, 2.45) is 0 Å². The fourth-order valence-electron chi connectivity index (χ4n) is 0.338. The Morgan fingerprint density at radius 3 is 2.67 bits per heavy atom. The molecule has 0 aromatic heterocycles. The molecule has 0 aliphatic carbocycles. The Morgan fingerprint density at radius 1 is 1.78 bits per heavy atom. The SMILES string of the molecule is COC(=O)C/C(C)=C/Br. The third kappa shape index (κ3) is 4.21. The topological polar surface area (TPSA) is 26.3 Å². The van der Waals surface area contributed by atoms with E-state index in [4.69, 9.17) is 0 Å². The maximum Gasteiger partial charge on any atom is 0.309 e. The number of carbonyl (C=O) groups is 1. The van der Waals surface area contributed by atoms with Crippen molar-refractivity contribution in [1.82, 2.24) is 0 Å². The van der Waals surface area contributed by atoms with Crippen LogP contribution in [0.1, 0.15) is 13.3 Å². The minimum Gasteiger partial charge on any atom is -0.469 e. The van der Waals surface area contributed by atoms with Crippen molar-refractivity contribution in [3.8, 4) is 0 Å². The van der Waals surface area contributed by atoms with E-state index >= 15 is 0 Å². The Labute approximate surface area is 63.0 Å². The van der Waals surface area contributed by atoms with Gasteiger partial charge >= 0.3 is 5.97 Å². The molecule has 0 N–H and O–H groups in total. The summed E-state index contributed by atoms with van der Waals surface area (Å²) in [6.07, 6.45) is 0.363. The molecule has 2 nitrogen and oxygen atoms in total. The van der Waals surface area contributed by atoms with Crippen molar-refractivity contribution in [2.45, 2.75) is 13.3 Å². The van der Waals surface area contributed by atoms with Crippen LogP contribution in [0, 0.1) is 0 Å². The molecule has 0 saturated heterocycles. The van der Waals surface area contributed by atoms with Crippen molar-refractivity contribution in [3.05, 3.63) is 10.6 Å². The number of carbonyl (C=O) groups excluding carboxylic acids is 1. The highest BCUT2D eigenvalue weighted by Gasteiger charge is 1.98. The van der Waals surface area contributed by atoms with Gasteiger partial charge in [0.15, 0.2) is 0 Å². The lowest BCUT2D eigenvalue weighted by Crippen LogP contribution is -1.99. The first-order valence-corrected chi connectivity index (χ1v) is 3.45. The first-order chi connectivity index (χ1) is 4.20. The first-order valence-electron chi connectivity index (χ1n) is 2.53. The van der Waals surface area contributed by atoms with Gasteiger partial charge in [-0.15, -0.1) is 0 Å². The standard InChI is InChI=1S/C6H9BrO2/c1-5(4-7)3-6(8)9-2/h4H,3H2,1-2H3/b5-4+.